The van der Waals surface area contributed by atoms with Crippen LogP contribution in [0.3, 0.4) is 0 Å². The maximum atomic E-state index is 6.13. The zero-order valence-electron chi connectivity index (χ0n) is 12.6. The summed E-state index contributed by atoms with van der Waals surface area (Å²) in [4.78, 5) is 11.9. The predicted molar refractivity (Wildman–Crippen MR) is 91.8 cm³/mol. The minimum absolute atomic E-state index is 0.258. The second kappa shape index (κ2) is 6.18. The molecule has 1 aliphatic heterocycles. The van der Waals surface area contributed by atoms with E-state index in [-0.39, 0.29) is 6.10 Å². The number of aromatic amines is 1. The van der Waals surface area contributed by atoms with E-state index >= 15 is 0 Å². The first-order valence-electron chi connectivity index (χ1n) is 7.75. The zero-order valence-corrected chi connectivity index (χ0v) is 13.3. The lowest BCUT2D eigenvalue weighted by molar-refractivity contribution is 0.120. The Morgan fingerprint density at radius 3 is 3.13 bits per heavy atom. The Morgan fingerprint density at radius 1 is 1.35 bits per heavy atom. The third-order valence-corrected chi connectivity index (χ3v) is 4.36. The Morgan fingerprint density at radius 2 is 2.30 bits per heavy atom. The van der Waals surface area contributed by atoms with Gasteiger partial charge in [0.05, 0.1) is 11.5 Å². The summed E-state index contributed by atoms with van der Waals surface area (Å²) in [6, 6.07) is 7.79. The maximum Gasteiger partial charge on any atom is 0.143 e. The molecule has 1 aliphatic rings. The maximum absolute atomic E-state index is 6.13. The summed E-state index contributed by atoms with van der Waals surface area (Å²) < 4.78 is 5.67. The van der Waals surface area contributed by atoms with Crippen LogP contribution in [0.1, 0.15) is 12.8 Å². The summed E-state index contributed by atoms with van der Waals surface area (Å²) in [7, 11) is 0. The molecular weight excluding hydrogens is 312 g/mol. The molecule has 2 N–H and O–H groups in total. The monoisotopic (exact) mass is 328 g/mol. The molecule has 3 heterocycles. The number of rotatable bonds is 4. The fourth-order valence-corrected chi connectivity index (χ4v) is 3.19. The molecule has 0 radical (unpaired) electrons. The van der Waals surface area contributed by atoms with E-state index in [9.17, 15) is 0 Å². The highest BCUT2D eigenvalue weighted by molar-refractivity contribution is 6.31. The summed E-state index contributed by atoms with van der Waals surface area (Å²) in [5, 5.41) is 5.10. The topological polar surface area (TPSA) is 62.8 Å². The number of hydrogen-bond acceptors (Lipinski definition) is 4. The van der Waals surface area contributed by atoms with Crippen LogP contribution in [0.5, 0.6) is 0 Å². The van der Waals surface area contributed by atoms with Crippen LogP contribution < -0.4 is 5.32 Å². The average Bonchev–Trinajstić information content (AvgIpc) is 3.22. The van der Waals surface area contributed by atoms with Crippen molar-refractivity contribution in [1.82, 2.24) is 15.0 Å². The lowest BCUT2D eigenvalue weighted by atomic mass is 10.1. The van der Waals surface area contributed by atoms with Crippen molar-refractivity contribution in [3.63, 3.8) is 0 Å². The number of aromatic nitrogens is 3. The van der Waals surface area contributed by atoms with Crippen LogP contribution in [0.15, 0.2) is 36.8 Å². The number of benzene rings is 1. The van der Waals surface area contributed by atoms with E-state index in [0.717, 1.165) is 54.0 Å². The van der Waals surface area contributed by atoms with E-state index in [2.05, 4.69) is 20.3 Å². The average molecular weight is 329 g/mol. The van der Waals surface area contributed by atoms with Crippen LogP contribution in [0.25, 0.3) is 22.2 Å². The molecule has 1 atom stereocenters. The van der Waals surface area contributed by atoms with Gasteiger partial charge in [-0.15, -0.1) is 0 Å². The van der Waals surface area contributed by atoms with Gasteiger partial charge < -0.3 is 15.0 Å². The molecule has 23 heavy (non-hydrogen) atoms. The van der Waals surface area contributed by atoms with E-state index in [1.807, 2.05) is 30.5 Å². The minimum atomic E-state index is 0.258. The molecule has 5 nitrogen and oxygen atoms in total. The van der Waals surface area contributed by atoms with Crippen LogP contribution in [-0.4, -0.2) is 34.2 Å². The standard InChI is InChI=1S/C17H17ClN4O/c18-12-4-1-3-11(7-12)14-9-20-17-15(14)16(21-10-22-17)19-8-13-5-2-6-23-13/h1,3-4,7,9-10,13H,2,5-6,8H2,(H2,19,20,21,22). The number of anilines is 1. The van der Waals surface area contributed by atoms with Crippen LogP contribution in [0, 0.1) is 0 Å². The van der Waals surface area contributed by atoms with Gasteiger partial charge in [0.1, 0.15) is 17.8 Å². The van der Waals surface area contributed by atoms with Crippen LogP contribution >= 0.6 is 11.6 Å². The number of hydrogen-bond donors (Lipinski definition) is 2. The van der Waals surface area contributed by atoms with Crippen LogP contribution in [0.4, 0.5) is 5.82 Å². The number of halogens is 1. The van der Waals surface area contributed by atoms with Crippen molar-refractivity contribution in [2.75, 3.05) is 18.5 Å². The van der Waals surface area contributed by atoms with Crippen molar-refractivity contribution in [3.05, 3.63) is 41.8 Å². The number of fused-ring (bicyclic) bond motifs is 1. The lowest BCUT2D eigenvalue weighted by Crippen LogP contribution is -2.19. The van der Waals surface area contributed by atoms with Gasteiger partial charge in [0.25, 0.3) is 0 Å². The quantitative estimate of drug-likeness (QED) is 0.763. The van der Waals surface area contributed by atoms with Crippen molar-refractivity contribution in [2.45, 2.75) is 18.9 Å². The van der Waals surface area contributed by atoms with E-state index in [1.54, 1.807) is 6.33 Å². The van der Waals surface area contributed by atoms with Crippen molar-refractivity contribution in [2.24, 2.45) is 0 Å². The normalized spacial score (nSPS) is 17.7. The second-order valence-electron chi connectivity index (χ2n) is 5.67. The first kappa shape index (κ1) is 14.5. The summed E-state index contributed by atoms with van der Waals surface area (Å²) in [5.74, 6) is 0.821. The number of nitrogens with zero attached hydrogens (tertiary/aromatic N) is 2. The first-order chi connectivity index (χ1) is 11.3. The summed E-state index contributed by atoms with van der Waals surface area (Å²) in [6.45, 7) is 1.61. The second-order valence-corrected chi connectivity index (χ2v) is 6.11. The van der Waals surface area contributed by atoms with Gasteiger partial charge in [-0.25, -0.2) is 9.97 Å². The zero-order chi connectivity index (χ0) is 15.6. The fraction of sp³-hybridized carbons (Fsp3) is 0.294. The Labute approximate surface area is 139 Å². The number of nitrogens with one attached hydrogen (secondary N) is 2. The molecule has 0 bridgehead atoms. The van der Waals surface area contributed by atoms with Gasteiger partial charge in [0.2, 0.25) is 0 Å². The molecule has 1 aromatic carbocycles. The van der Waals surface area contributed by atoms with E-state index in [0.29, 0.717) is 5.02 Å². The first-order valence-corrected chi connectivity index (χ1v) is 8.12. The number of H-pyrrole nitrogens is 1. The molecule has 1 fully saturated rings. The predicted octanol–water partition coefficient (Wildman–Crippen LogP) is 3.87. The summed E-state index contributed by atoms with van der Waals surface area (Å²) in [6.07, 6.45) is 5.99. The van der Waals surface area contributed by atoms with Gasteiger partial charge in [-0.05, 0) is 30.5 Å². The van der Waals surface area contributed by atoms with Crippen LogP contribution in [0.2, 0.25) is 5.02 Å². The Bertz CT molecular complexity index is 826. The molecule has 0 amide bonds. The largest absolute Gasteiger partial charge is 0.376 e. The van der Waals surface area contributed by atoms with Gasteiger partial charge in [-0.3, -0.25) is 0 Å². The molecule has 0 spiro atoms. The third-order valence-electron chi connectivity index (χ3n) is 4.13. The lowest BCUT2D eigenvalue weighted by Gasteiger charge is -2.12. The van der Waals surface area contributed by atoms with Gasteiger partial charge in [0.15, 0.2) is 0 Å². The van der Waals surface area contributed by atoms with E-state index in [1.165, 1.54) is 0 Å². The van der Waals surface area contributed by atoms with E-state index < -0.39 is 0 Å². The summed E-state index contributed by atoms with van der Waals surface area (Å²) in [5.41, 5.74) is 2.89. The fourth-order valence-electron chi connectivity index (χ4n) is 3.00. The van der Waals surface area contributed by atoms with Gasteiger partial charge >= 0.3 is 0 Å². The third kappa shape index (κ3) is 2.90. The molecule has 3 aromatic rings. The van der Waals surface area contributed by atoms with Crippen molar-refractivity contribution in [1.29, 1.82) is 0 Å². The Hall–Kier alpha value is -2.11. The molecule has 118 valence electrons. The van der Waals surface area contributed by atoms with Gasteiger partial charge in [0, 0.05) is 29.9 Å². The molecule has 0 aliphatic carbocycles. The van der Waals surface area contributed by atoms with Crippen molar-refractivity contribution in [3.8, 4) is 11.1 Å². The highest BCUT2D eigenvalue weighted by atomic mass is 35.5. The number of ether oxygens (including phenoxy) is 1. The SMILES string of the molecule is Clc1cccc(-c2c[nH]c3ncnc(NCC4CCCO4)c23)c1. The highest BCUT2D eigenvalue weighted by Gasteiger charge is 2.17. The van der Waals surface area contributed by atoms with Gasteiger partial charge in [-0.2, -0.15) is 0 Å². The van der Waals surface area contributed by atoms with Crippen molar-refractivity contribution < 1.29 is 4.74 Å². The van der Waals surface area contributed by atoms with Crippen LogP contribution in [-0.2, 0) is 4.74 Å². The van der Waals surface area contributed by atoms with Gasteiger partial charge in [-0.1, -0.05) is 23.7 Å². The minimum Gasteiger partial charge on any atom is -0.376 e. The molecule has 4 rings (SSSR count). The Balaban J connectivity index is 1.71. The smallest absolute Gasteiger partial charge is 0.143 e. The molecule has 1 unspecified atom stereocenters. The molecule has 2 aromatic heterocycles. The van der Waals surface area contributed by atoms with Crippen molar-refractivity contribution >= 4 is 28.5 Å². The highest BCUT2D eigenvalue weighted by Crippen LogP contribution is 2.33. The molecular formula is C17H17ClN4O. The summed E-state index contributed by atoms with van der Waals surface area (Å²) >= 11 is 6.13. The Kier molecular flexibility index (Phi) is 3.89. The van der Waals surface area contributed by atoms with E-state index in [4.69, 9.17) is 16.3 Å². The molecule has 0 saturated carbocycles. The molecule has 1 saturated heterocycles. The molecule has 6 heteroatoms.